The van der Waals surface area contributed by atoms with E-state index in [1.54, 1.807) is 36.4 Å². The van der Waals surface area contributed by atoms with Crippen molar-refractivity contribution in [2.45, 2.75) is 25.7 Å². The Labute approximate surface area is 148 Å². The molecule has 0 radical (unpaired) electrons. The highest BCUT2D eigenvalue weighted by atomic mass is 32.2. The molecule has 2 aromatic carbocycles. The molecule has 0 aliphatic carbocycles. The lowest BCUT2D eigenvalue weighted by Gasteiger charge is -2.14. The van der Waals surface area contributed by atoms with E-state index >= 15 is 0 Å². The summed E-state index contributed by atoms with van der Waals surface area (Å²) < 4.78 is 35.0. The average molecular weight is 362 g/mol. The predicted octanol–water partition coefficient (Wildman–Crippen LogP) is 3.62. The third-order valence-electron chi connectivity index (χ3n) is 3.61. The summed E-state index contributed by atoms with van der Waals surface area (Å²) in [6, 6.07) is 13.3. The molecule has 0 saturated carbocycles. The number of hydrogen-bond acceptors (Lipinski definition) is 5. The van der Waals surface area contributed by atoms with Gasteiger partial charge in [-0.05, 0) is 50.2 Å². The van der Waals surface area contributed by atoms with E-state index in [2.05, 4.69) is 0 Å². The maximum Gasteiger partial charge on any atom is 0.296 e. The van der Waals surface area contributed by atoms with E-state index in [1.165, 1.54) is 19.1 Å². The zero-order chi connectivity index (χ0) is 18.4. The number of ketones is 1. The van der Waals surface area contributed by atoms with Crippen molar-refractivity contribution >= 4 is 15.9 Å². The molecule has 0 aromatic heterocycles. The van der Waals surface area contributed by atoms with Crippen molar-refractivity contribution in [3.05, 3.63) is 59.7 Å². The number of Topliss-reactive ketones (excluding diaryl/α,β-unsaturated/α-hetero) is 1. The highest BCUT2D eigenvalue weighted by Crippen LogP contribution is 2.16. The molecule has 0 aliphatic heterocycles. The second-order valence-electron chi connectivity index (χ2n) is 6.05. The first-order valence-corrected chi connectivity index (χ1v) is 9.38. The Balaban J connectivity index is 1.84. The quantitative estimate of drug-likeness (QED) is 0.530. The zero-order valence-corrected chi connectivity index (χ0v) is 15.4. The molecular formula is C19H22O5S. The molecule has 5 nitrogen and oxygen atoms in total. The first-order valence-electron chi connectivity index (χ1n) is 7.98. The summed E-state index contributed by atoms with van der Waals surface area (Å²) in [6.45, 7) is 5.57. The highest BCUT2D eigenvalue weighted by Gasteiger charge is 2.17. The van der Waals surface area contributed by atoms with Crippen LogP contribution in [-0.2, 0) is 14.3 Å². The lowest BCUT2D eigenvalue weighted by atomic mass is 10.1. The van der Waals surface area contributed by atoms with Crippen molar-refractivity contribution in [2.75, 3.05) is 13.2 Å². The summed E-state index contributed by atoms with van der Waals surface area (Å²) in [5.41, 5.74) is 1.60. The predicted molar refractivity (Wildman–Crippen MR) is 95.4 cm³/mol. The number of ether oxygens (including phenoxy) is 1. The van der Waals surface area contributed by atoms with Crippen LogP contribution in [0.1, 0.15) is 29.8 Å². The van der Waals surface area contributed by atoms with Crippen LogP contribution >= 0.6 is 0 Å². The summed E-state index contributed by atoms with van der Waals surface area (Å²) in [5, 5.41) is 0. The average Bonchev–Trinajstić information content (AvgIpc) is 2.59. The van der Waals surface area contributed by atoms with Crippen molar-refractivity contribution in [3.63, 3.8) is 0 Å². The van der Waals surface area contributed by atoms with Crippen molar-refractivity contribution in [2.24, 2.45) is 5.92 Å². The van der Waals surface area contributed by atoms with Gasteiger partial charge in [-0.1, -0.05) is 24.6 Å². The van der Waals surface area contributed by atoms with Crippen LogP contribution in [0.25, 0.3) is 0 Å². The van der Waals surface area contributed by atoms with Crippen molar-refractivity contribution < 1.29 is 22.1 Å². The van der Waals surface area contributed by atoms with Gasteiger partial charge in [-0.2, -0.15) is 8.42 Å². The van der Waals surface area contributed by atoms with Crippen LogP contribution in [0.15, 0.2) is 53.4 Å². The summed E-state index contributed by atoms with van der Waals surface area (Å²) >= 11 is 0. The minimum absolute atomic E-state index is 0.00497. The fourth-order valence-corrected chi connectivity index (χ4v) is 3.07. The molecule has 2 rings (SSSR count). The molecule has 0 N–H and O–H groups in total. The number of rotatable bonds is 8. The Morgan fingerprint density at radius 3 is 2.16 bits per heavy atom. The molecule has 134 valence electrons. The van der Waals surface area contributed by atoms with Crippen molar-refractivity contribution in [1.82, 2.24) is 0 Å². The molecule has 2 aromatic rings. The Kier molecular flexibility index (Phi) is 6.33. The largest absolute Gasteiger partial charge is 0.493 e. The standard InChI is InChI=1S/C19H22O5S/c1-14-4-10-19(11-5-14)25(21,22)24-13-15(2)12-23-18-8-6-17(7-9-18)16(3)20/h4-11,15H,12-13H2,1-3H3/t15-/m0/s1. The van der Waals surface area contributed by atoms with Gasteiger partial charge in [-0.25, -0.2) is 0 Å². The van der Waals surface area contributed by atoms with E-state index in [4.69, 9.17) is 8.92 Å². The number of hydrogen-bond donors (Lipinski definition) is 0. The van der Waals surface area contributed by atoms with Gasteiger partial charge in [0.05, 0.1) is 18.1 Å². The maximum absolute atomic E-state index is 12.1. The molecule has 0 unspecified atom stereocenters. The lowest BCUT2D eigenvalue weighted by molar-refractivity contribution is 0.101. The van der Waals surface area contributed by atoms with E-state index in [-0.39, 0.29) is 23.2 Å². The van der Waals surface area contributed by atoms with E-state index in [0.717, 1.165) is 5.56 Å². The topological polar surface area (TPSA) is 69.7 Å². The monoisotopic (exact) mass is 362 g/mol. The van der Waals surface area contributed by atoms with Crippen LogP contribution in [0.4, 0.5) is 0 Å². The number of aryl methyl sites for hydroxylation is 1. The lowest BCUT2D eigenvalue weighted by Crippen LogP contribution is -2.18. The summed E-state index contributed by atoms with van der Waals surface area (Å²) in [4.78, 5) is 11.4. The van der Waals surface area contributed by atoms with Crippen LogP contribution in [-0.4, -0.2) is 27.4 Å². The molecule has 0 amide bonds. The highest BCUT2D eigenvalue weighted by molar-refractivity contribution is 7.86. The second kappa shape index (κ2) is 8.27. The molecule has 6 heteroatoms. The van der Waals surface area contributed by atoms with Gasteiger partial charge in [0.1, 0.15) is 5.75 Å². The smallest absolute Gasteiger partial charge is 0.296 e. The van der Waals surface area contributed by atoms with Crippen LogP contribution in [0, 0.1) is 12.8 Å². The van der Waals surface area contributed by atoms with Crippen LogP contribution in [0.5, 0.6) is 5.75 Å². The third-order valence-corrected chi connectivity index (χ3v) is 4.91. The number of carbonyl (C=O) groups is 1. The van der Waals surface area contributed by atoms with Gasteiger partial charge >= 0.3 is 0 Å². The normalized spacial score (nSPS) is 12.6. The van der Waals surface area contributed by atoms with E-state index < -0.39 is 10.1 Å². The Morgan fingerprint density at radius 2 is 1.60 bits per heavy atom. The first kappa shape index (κ1) is 19.1. The van der Waals surface area contributed by atoms with Gasteiger partial charge < -0.3 is 4.74 Å². The molecular weight excluding hydrogens is 340 g/mol. The van der Waals surface area contributed by atoms with Crippen LogP contribution < -0.4 is 4.74 Å². The Bertz CT molecular complexity index is 808. The van der Waals surface area contributed by atoms with Gasteiger partial charge in [-0.15, -0.1) is 0 Å². The van der Waals surface area contributed by atoms with E-state index in [1.807, 2.05) is 13.8 Å². The summed E-state index contributed by atoms with van der Waals surface area (Å²) in [7, 11) is -3.76. The van der Waals surface area contributed by atoms with Crippen molar-refractivity contribution in [3.8, 4) is 5.75 Å². The van der Waals surface area contributed by atoms with Crippen LogP contribution in [0.3, 0.4) is 0 Å². The molecule has 25 heavy (non-hydrogen) atoms. The van der Waals surface area contributed by atoms with Gasteiger partial charge in [0.2, 0.25) is 0 Å². The van der Waals surface area contributed by atoms with Gasteiger partial charge in [-0.3, -0.25) is 8.98 Å². The SMILES string of the molecule is CC(=O)c1ccc(OC[C@H](C)COS(=O)(=O)c2ccc(C)cc2)cc1. The number of benzene rings is 2. The Hall–Kier alpha value is -2.18. The molecule has 0 fully saturated rings. The van der Waals surface area contributed by atoms with Crippen molar-refractivity contribution in [1.29, 1.82) is 0 Å². The van der Waals surface area contributed by atoms with E-state index in [0.29, 0.717) is 17.9 Å². The summed E-state index contributed by atoms with van der Waals surface area (Å²) in [6.07, 6.45) is 0. The minimum atomic E-state index is -3.76. The molecule has 0 spiro atoms. The van der Waals surface area contributed by atoms with E-state index in [9.17, 15) is 13.2 Å². The molecule has 0 bridgehead atoms. The van der Waals surface area contributed by atoms with Gasteiger partial charge in [0, 0.05) is 11.5 Å². The number of carbonyl (C=O) groups excluding carboxylic acids is 1. The summed E-state index contributed by atoms with van der Waals surface area (Å²) in [5.74, 6) is 0.501. The first-order chi connectivity index (χ1) is 11.8. The third kappa shape index (κ3) is 5.69. The minimum Gasteiger partial charge on any atom is -0.493 e. The van der Waals surface area contributed by atoms with Gasteiger partial charge in [0.15, 0.2) is 5.78 Å². The molecule has 0 aliphatic rings. The fourth-order valence-electron chi connectivity index (χ4n) is 2.05. The Morgan fingerprint density at radius 1 is 1.00 bits per heavy atom. The van der Waals surface area contributed by atoms with Crippen LogP contribution in [0.2, 0.25) is 0 Å². The zero-order valence-electron chi connectivity index (χ0n) is 14.6. The van der Waals surface area contributed by atoms with Gasteiger partial charge in [0.25, 0.3) is 10.1 Å². The maximum atomic E-state index is 12.1. The molecule has 0 heterocycles. The molecule has 1 atom stereocenters. The molecule has 0 saturated heterocycles. The second-order valence-corrected chi connectivity index (χ2v) is 7.66. The fraction of sp³-hybridized carbons (Fsp3) is 0.316.